The Morgan fingerprint density at radius 3 is 2.51 bits per heavy atom. The van der Waals surface area contributed by atoms with Gasteiger partial charge in [0.25, 0.3) is 11.5 Å². The van der Waals surface area contributed by atoms with Gasteiger partial charge >= 0.3 is 0 Å². The summed E-state index contributed by atoms with van der Waals surface area (Å²) in [7, 11) is 1.54. The minimum Gasteiger partial charge on any atom is -0.496 e. The van der Waals surface area contributed by atoms with E-state index in [2.05, 4.69) is 59.5 Å². The highest BCUT2D eigenvalue weighted by Crippen LogP contribution is 2.28. The molecule has 0 unspecified atom stereocenters. The minimum atomic E-state index is -0.112. The van der Waals surface area contributed by atoms with Gasteiger partial charge in [-0.1, -0.05) is 66.7 Å². The molecule has 0 spiro atoms. The van der Waals surface area contributed by atoms with Gasteiger partial charge in [0, 0.05) is 57.4 Å². The first-order chi connectivity index (χ1) is 18.1. The van der Waals surface area contributed by atoms with Gasteiger partial charge in [-0.3, -0.25) is 14.5 Å². The number of nitrogens with zero attached hydrogens (tertiary/aromatic N) is 3. The van der Waals surface area contributed by atoms with Crippen molar-refractivity contribution in [3.63, 3.8) is 0 Å². The summed E-state index contributed by atoms with van der Waals surface area (Å²) < 4.78 is 7.40. The van der Waals surface area contributed by atoms with Crippen molar-refractivity contribution in [3.8, 4) is 5.75 Å². The third kappa shape index (κ3) is 4.42. The van der Waals surface area contributed by atoms with Crippen LogP contribution in [-0.4, -0.2) is 47.0 Å². The van der Waals surface area contributed by atoms with Gasteiger partial charge in [-0.15, -0.1) is 0 Å². The monoisotopic (exact) mass is 493 g/mol. The largest absolute Gasteiger partial charge is 0.496 e. The normalized spacial score (nSPS) is 15.6. The Morgan fingerprint density at radius 1 is 0.865 bits per heavy atom. The zero-order valence-corrected chi connectivity index (χ0v) is 21.2. The quantitative estimate of drug-likeness (QED) is 0.426. The lowest BCUT2D eigenvalue weighted by Gasteiger charge is -2.30. The van der Waals surface area contributed by atoms with Crippen molar-refractivity contribution in [2.45, 2.75) is 32.5 Å². The number of methoxy groups -OCH3 is 1. The van der Waals surface area contributed by atoms with Crippen molar-refractivity contribution in [1.82, 2.24) is 14.4 Å². The Kier molecular flexibility index (Phi) is 6.26. The number of carbonyl (C=O) groups excluding carboxylic acids is 1. The molecule has 6 rings (SSSR count). The van der Waals surface area contributed by atoms with Crippen molar-refractivity contribution in [1.29, 1.82) is 0 Å². The van der Waals surface area contributed by atoms with Crippen molar-refractivity contribution in [3.05, 3.63) is 111 Å². The van der Waals surface area contributed by atoms with E-state index in [0.29, 0.717) is 37.4 Å². The van der Waals surface area contributed by atoms with Crippen LogP contribution in [0.15, 0.2) is 77.6 Å². The molecule has 2 aliphatic heterocycles. The molecule has 2 aliphatic rings. The first kappa shape index (κ1) is 23.5. The van der Waals surface area contributed by atoms with E-state index in [0.717, 1.165) is 31.7 Å². The van der Waals surface area contributed by atoms with E-state index in [1.54, 1.807) is 4.57 Å². The first-order valence-corrected chi connectivity index (χ1v) is 13.0. The van der Waals surface area contributed by atoms with Crippen LogP contribution in [0.4, 0.5) is 0 Å². The fraction of sp³-hybridized carbons (Fsp3) is 0.290. The van der Waals surface area contributed by atoms with Crippen LogP contribution in [0.25, 0.3) is 10.8 Å². The average molecular weight is 494 g/mol. The van der Waals surface area contributed by atoms with Crippen molar-refractivity contribution >= 4 is 16.7 Å². The summed E-state index contributed by atoms with van der Waals surface area (Å²) in [4.78, 5) is 31.3. The number of fused-ring (bicyclic) bond motifs is 3. The van der Waals surface area contributed by atoms with Gasteiger partial charge in [0.05, 0.1) is 7.11 Å². The lowest BCUT2D eigenvalue weighted by atomic mass is 9.98. The molecule has 3 aromatic carbocycles. The number of benzene rings is 3. The Bertz CT molecular complexity index is 1540. The van der Waals surface area contributed by atoms with Gasteiger partial charge < -0.3 is 14.2 Å². The number of pyridine rings is 1. The van der Waals surface area contributed by atoms with Crippen LogP contribution in [0.5, 0.6) is 5.75 Å². The summed E-state index contributed by atoms with van der Waals surface area (Å²) >= 11 is 0. The molecule has 0 fully saturated rings. The fourth-order valence-corrected chi connectivity index (χ4v) is 5.84. The summed E-state index contributed by atoms with van der Waals surface area (Å²) in [5, 5.41) is 2.49. The van der Waals surface area contributed by atoms with E-state index in [1.807, 2.05) is 17.0 Å². The number of amides is 1. The number of hydrogen-bond donors (Lipinski definition) is 0. The highest BCUT2D eigenvalue weighted by Gasteiger charge is 2.30. The SMILES string of the molecule is COc1cc(=O)n2c(c1C(=O)N1CCc3ccccc3C1)CCN(Cc1cccc3ccccc13)CC2. The standard InChI is InChI=1S/C31H31N3O3/c1-37-28-19-29(35)34-18-17-32(20-25-11-6-10-23-8-4-5-12-26(23)25)15-14-27(34)30(28)31(36)33-16-13-22-7-2-3-9-24(22)21-33/h2-12,19H,13-18,20-21H2,1H3. The second-order valence-corrected chi connectivity index (χ2v) is 9.93. The Labute approximate surface area is 216 Å². The average Bonchev–Trinajstić information content (AvgIpc) is 3.15. The lowest BCUT2D eigenvalue weighted by molar-refractivity contribution is 0.0728. The van der Waals surface area contributed by atoms with Gasteiger partial charge in [0.15, 0.2) is 0 Å². The highest BCUT2D eigenvalue weighted by atomic mass is 16.5. The third-order valence-corrected chi connectivity index (χ3v) is 7.81. The molecular formula is C31H31N3O3. The van der Waals surface area contributed by atoms with Crippen LogP contribution in [0.3, 0.4) is 0 Å². The predicted octanol–water partition coefficient (Wildman–Crippen LogP) is 4.27. The van der Waals surface area contributed by atoms with Gasteiger partial charge in [-0.2, -0.15) is 0 Å². The predicted molar refractivity (Wildman–Crippen MR) is 145 cm³/mol. The van der Waals surface area contributed by atoms with Gasteiger partial charge in [0.1, 0.15) is 11.3 Å². The van der Waals surface area contributed by atoms with Crippen LogP contribution in [0, 0.1) is 0 Å². The number of rotatable bonds is 4. The summed E-state index contributed by atoms with van der Waals surface area (Å²) in [5.74, 6) is 0.320. The molecule has 3 heterocycles. The molecule has 37 heavy (non-hydrogen) atoms. The lowest BCUT2D eigenvalue weighted by Crippen LogP contribution is -2.38. The van der Waals surface area contributed by atoms with E-state index >= 15 is 0 Å². The summed E-state index contributed by atoms with van der Waals surface area (Å²) in [6.45, 7) is 4.08. The number of carbonyl (C=O) groups is 1. The van der Waals surface area contributed by atoms with Crippen molar-refractivity contribution in [2.24, 2.45) is 0 Å². The Balaban J connectivity index is 1.30. The third-order valence-electron chi connectivity index (χ3n) is 7.81. The molecule has 4 aromatic rings. The maximum absolute atomic E-state index is 13.9. The summed E-state index contributed by atoms with van der Waals surface area (Å²) in [6, 6.07) is 24.6. The zero-order chi connectivity index (χ0) is 25.4. The van der Waals surface area contributed by atoms with E-state index in [1.165, 1.54) is 40.6 Å². The number of hydrogen-bond acceptors (Lipinski definition) is 4. The second kappa shape index (κ2) is 9.87. The van der Waals surface area contributed by atoms with Gasteiger partial charge in [0.2, 0.25) is 0 Å². The van der Waals surface area contributed by atoms with Crippen LogP contribution < -0.4 is 10.3 Å². The van der Waals surface area contributed by atoms with Crippen LogP contribution >= 0.6 is 0 Å². The molecule has 0 bridgehead atoms. The molecule has 0 saturated heterocycles. The Hall–Kier alpha value is -3.90. The summed E-state index contributed by atoms with van der Waals surface area (Å²) in [6.07, 6.45) is 1.45. The van der Waals surface area contributed by atoms with E-state index < -0.39 is 0 Å². The first-order valence-electron chi connectivity index (χ1n) is 13.0. The maximum atomic E-state index is 13.9. The number of aromatic nitrogens is 1. The Morgan fingerprint density at radius 2 is 1.65 bits per heavy atom. The molecule has 1 aromatic heterocycles. The fourth-order valence-electron chi connectivity index (χ4n) is 5.84. The molecular weight excluding hydrogens is 462 g/mol. The molecule has 0 atom stereocenters. The molecule has 188 valence electrons. The molecule has 0 aliphatic carbocycles. The maximum Gasteiger partial charge on any atom is 0.259 e. The van der Waals surface area contributed by atoms with Crippen molar-refractivity contribution < 1.29 is 9.53 Å². The molecule has 6 nitrogen and oxygen atoms in total. The summed E-state index contributed by atoms with van der Waals surface area (Å²) in [5.41, 5.74) is 4.96. The highest BCUT2D eigenvalue weighted by molar-refractivity contribution is 5.98. The molecule has 6 heteroatoms. The zero-order valence-electron chi connectivity index (χ0n) is 21.2. The second-order valence-electron chi connectivity index (χ2n) is 9.93. The molecule has 1 amide bonds. The van der Waals surface area contributed by atoms with Crippen LogP contribution in [0.1, 0.15) is 32.7 Å². The molecule has 0 N–H and O–H groups in total. The van der Waals surface area contributed by atoms with Gasteiger partial charge in [-0.25, -0.2) is 0 Å². The molecule has 0 saturated carbocycles. The topological polar surface area (TPSA) is 54.8 Å². The number of ether oxygens (including phenoxy) is 1. The van der Waals surface area contributed by atoms with Crippen LogP contribution in [-0.2, 0) is 32.5 Å². The van der Waals surface area contributed by atoms with Gasteiger partial charge in [-0.05, 0) is 33.9 Å². The minimum absolute atomic E-state index is 0.0578. The molecule has 0 radical (unpaired) electrons. The smallest absolute Gasteiger partial charge is 0.259 e. The van der Waals surface area contributed by atoms with E-state index in [-0.39, 0.29) is 11.5 Å². The van der Waals surface area contributed by atoms with E-state index in [4.69, 9.17) is 4.74 Å². The van der Waals surface area contributed by atoms with Crippen molar-refractivity contribution in [2.75, 3.05) is 26.7 Å². The van der Waals surface area contributed by atoms with Crippen LogP contribution in [0.2, 0.25) is 0 Å². The van der Waals surface area contributed by atoms with E-state index in [9.17, 15) is 9.59 Å².